The zero-order chi connectivity index (χ0) is 23.1. The van der Waals surface area contributed by atoms with Crippen molar-refractivity contribution in [3.63, 3.8) is 0 Å². The van der Waals surface area contributed by atoms with Crippen LogP contribution < -0.4 is 9.08 Å². The predicted octanol–water partition coefficient (Wildman–Crippen LogP) is 4.81. The second-order valence-electron chi connectivity index (χ2n) is 6.96. The number of non-ortho nitro benzene ring substituents is 1. The highest BCUT2D eigenvalue weighted by atomic mass is 32.2. The molecule has 0 radical (unpaired) electrons. The molecule has 0 aromatic heterocycles. The quantitative estimate of drug-likeness (QED) is 0.261. The van der Waals surface area contributed by atoms with E-state index in [-0.39, 0.29) is 22.2 Å². The Bertz CT molecular complexity index is 1190. The van der Waals surface area contributed by atoms with Crippen LogP contribution in [-0.4, -0.2) is 25.8 Å². The molecule has 8 nitrogen and oxygen atoms in total. The molecular weight excluding hydrogens is 432 g/mol. The van der Waals surface area contributed by atoms with E-state index < -0.39 is 15.0 Å². The van der Waals surface area contributed by atoms with E-state index >= 15 is 0 Å². The van der Waals surface area contributed by atoms with E-state index in [0.29, 0.717) is 12.1 Å². The largest absolute Gasteiger partial charge is 0.379 e. The summed E-state index contributed by atoms with van der Waals surface area (Å²) in [6.07, 6.45) is 1.77. The fourth-order valence-electron chi connectivity index (χ4n) is 3.01. The van der Waals surface area contributed by atoms with E-state index in [1.807, 2.05) is 37.3 Å². The summed E-state index contributed by atoms with van der Waals surface area (Å²) in [5, 5.41) is 10.9. The number of hydrogen-bond donors (Lipinski definition) is 0. The van der Waals surface area contributed by atoms with Crippen LogP contribution in [0, 0.1) is 10.1 Å². The minimum absolute atomic E-state index is 0.00660. The Balaban J connectivity index is 1.80. The van der Waals surface area contributed by atoms with Gasteiger partial charge in [0.1, 0.15) is 10.6 Å². The van der Waals surface area contributed by atoms with E-state index in [0.717, 1.165) is 24.6 Å². The van der Waals surface area contributed by atoms with Crippen LogP contribution in [0.4, 0.5) is 11.4 Å². The molecule has 0 spiro atoms. The first-order chi connectivity index (χ1) is 15.3. The smallest absolute Gasteiger partial charge is 0.339 e. The maximum absolute atomic E-state index is 13.1. The van der Waals surface area contributed by atoms with Crippen LogP contribution >= 0.6 is 0 Å². The molecule has 0 N–H and O–H groups in total. The summed E-state index contributed by atoms with van der Waals surface area (Å²) < 4.78 is 30.1. The number of unbranched alkanes of at least 4 members (excludes halogenated alkanes) is 1. The maximum Gasteiger partial charge on any atom is 0.339 e. The third-order valence-electron chi connectivity index (χ3n) is 4.67. The lowest BCUT2D eigenvalue weighted by atomic mass is 10.1. The zero-order valence-corrected chi connectivity index (χ0v) is 18.2. The summed E-state index contributed by atoms with van der Waals surface area (Å²) in [7, 11) is -4.27. The van der Waals surface area contributed by atoms with E-state index in [1.165, 1.54) is 42.5 Å². The number of amides is 1. The Kier molecular flexibility index (Phi) is 7.21. The van der Waals surface area contributed by atoms with Crippen LogP contribution in [0.3, 0.4) is 0 Å². The molecule has 0 aliphatic carbocycles. The SMILES string of the molecule is CCCCN(C(=O)c1ccc(OS(=O)(=O)c2cccc([N+](=O)[O-])c2)cc1)c1ccccc1. The highest BCUT2D eigenvalue weighted by Gasteiger charge is 2.21. The molecule has 0 fully saturated rings. The first kappa shape index (κ1) is 23.0. The fourth-order valence-corrected chi connectivity index (χ4v) is 3.98. The molecule has 3 aromatic carbocycles. The Morgan fingerprint density at radius 3 is 2.31 bits per heavy atom. The van der Waals surface area contributed by atoms with Gasteiger partial charge in [0, 0.05) is 29.9 Å². The fraction of sp³-hybridized carbons (Fsp3) is 0.174. The van der Waals surface area contributed by atoms with Gasteiger partial charge in [-0.05, 0) is 48.9 Å². The standard InChI is InChI=1S/C23H22N2O6S/c1-2-3-16-24(19-8-5-4-6-9-19)23(26)18-12-14-21(15-13-18)31-32(29,30)22-11-7-10-20(17-22)25(27)28/h4-15,17H,2-3,16H2,1H3. The topological polar surface area (TPSA) is 107 Å². The van der Waals surface area contributed by atoms with Gasteiger partial charge in [-0.2, -0.15) is 8.42 Å². The van der Waals surface area contributed by atoms with Gasteiger partial charge in [-0.25, -0.2) is 0 Å². The second-order valence-corrected chi connectivity index (χ2v) is 8.51. The highest BCUT2D eigenvalue weighted by molar-refractivity contribution is 7.87. The summed E-state index contributed by atoms with van der Waals surface area (Å²) in [4.78, 5) is 24.6. The molecule has 166 valence electrons. The van der Waals surface area contributed by atoms with Crippen molar-refractivity contribution in [2.75, 3.05) is 11.4 Å². The van der Waals surface area contributed by atoms with Crippen LogP contribution in [0.2, 0.25) is 0 Å². The van der Waals surface area contributed by atoms with Gasteiger partial charge in [-0.15, -0.1) is 0 Å². The number of anilines is 1. The molecule has 32 heavy (non-hydrogen) atoms. The summed E-state index contributed by atoms with van der Waals surface area (Å²) in [6, 6.07) is 19.6. The maximum atomic E-state index is 13.1. The highest BCUT2D eigenvalue weighted by Crippen LogP contribution is 2.24. The van der Waals surface area contributed by atoms with Crippen LogP contribution in [0.1, 0.15) is 30.1 Å². The Labute approximate surface area is 186 Å². The van der Waals surface area contributed by atoms with E-state index in [9.17, 15) is 23.3 Å². The normalized spacial score (nSPS) is 11.0. The monoisotopic (exact) mass is 454 g/mol. The molecule has 1 amide bonds. The third-order valence-corrected chi connectivity index (χ3v) is 5.92. The molecule has 3 aromatic rings. The molecule has 0 aliphatic heterocycles. The zero-order valence-electron chi connectivity index (χ0n) is 17.4. The van der Waals surface area contributed by atoms with E-state index in [4.69, 9.17) is 4.18 Å². The molecule has 0 aliphatic rings. The first-order valence-electron chi connectivity index (χ1n) is 9.98. The molecule has 0 unspecified atom stereocenters. The van der Waals surface area contributed by atoms with E-state index in [1.54, 1.807) is 4.90 Å². The predicted molar refractivity (Wildman–Crippen MR) is 120 cm³/mol. The lowest BCUT2D eigenvalue weighted by Gasteiger charge is -2.23. The van der Waals surface area contributed by atoms with Gasteiger partial charge in [-0.1, -0.05) is 37.6 Å². The van der Waals surface area contributed by atoms with Crippen LogP contribution in [0.5, 0.6) is 5.75 Å². The van der Waals surface area contributed by atoms with Crippen molar-refractivity contribution in [2.24, 2.45) is 0 Å². The first-order valence-corrected chi connectivity index (χ1v) is 11.4. The molecule has 0 heterocycles. The Morgan fingerprint density at radius 1 is 1.00 bits per heavy atom. The number of nitrogens with zero attached hydrogens (tertiary/aromatic N) is 2. The van der Waals surface area contributed by atoms with Gasteiger partial charge >= 0.3 is 10.1 Å². The van der Waals surface area contributed by atoms with Crippen molar-refractivity contribution in [1.82, 2.24) is 0 Å². The molecule has 0 saturated carbocycles. The van der Waals surface area contributed by atoms with Crippen molar-refractivity contribution in [1.29, 1.82) is 0 Å². The van der Waals surface area contributed by atoms with Gasteiger partial charge in [0.15, 0.2) is 0 Å². The Hall–Kier alpha value is -3.72. The van der Waals surface area contributed by atoms with Crippen molar-refractivity contribution in [3.05, 3.63) is 94.5 Å². The second kappa shape index (κ2) is 10.1. The minimum Gasteiger partial charge on any atom is -0.379 e. The van der Waals surface area contributed by atoms with Crippen molar-refractivity contribution in [3.8, 4) is 5.75 Å². The average molecular weight is 455 g/mol. The number of rotatable bonds is 9. The number of hydrogen-bond acceptors (Lipinski definition) is 6. The van der Waals surface area contributed by atoms with Crippen LogP contribution in [0.25, 0.3) is 0 Å². The van der Waals surface area contributed by atoms with Crippen molar-refractivity contribution < 1.29 is 22.3 Å². The number of carbonyl (C=O) groups excluding carboxylic acids is 1. The van der Waals surface area contributed by atoms with Crippen molar-refractivity contribution in [2.45, 2.75) is 24.7 Å². The number of nitro benzene ring substituents is 1. The van der Waals surface area contributed by atoms with Gasteiger partial charge in [-0.3, -0.25) is 14.9 Å². The lowest BCUT2D eigenvalue weighted by Crippen LogP contribution is -2.31. The lowest BCUT2D eigenvalue weighted by molar-refractivity contribution is -0.385. The summed E-state index contributed by atoms with van der Waals surface area (Å²) >= 11 is 0. The van der Waals surface area contributed by atoms with Gasteiger partial charge < -0.3 is 9.08 Å². The molecule has 0 atom stereocenters. The molecule has 0 bridgehead atoms. The number of para-hydroxylation sites is 1. The molecule has 9 heteroatoms. The van der Waals surface area contributed by atoms with Gasteiger partial charge in [0.2, 0.25) is 0 Å². The Morgan fingerprint density at radius 2 is 1.69 bits per heavy atom. The number of carbonyl (C=O) groups is 1. The minimum atomic E-state index is -4.27. The molecule has 3 rings (SSSR count). The van der Waals surface area contributed by atoms with Crippen LogP contribution in [0.15, 0.2) is 83.8 Å². The average Bonchev–Trinajstić information content (AvgIpc) is 2.80. The van der Waals surface area contributed by atoms with Crippen molar-refractivity contribution >= 4 is 27.4 Å². The van der Waals surface area contributed by atoms with E-state index in [2.05, 4.69) is 0 Å². The molecular formula is C23H22N2O6S. The summed E-state index contributed by atoms with van der Waals surface area (Å²) in [6.45, 7) is 2.60. The van der Waals surface area contributed by atoms with Gasteiger partial charge in [0.05, 0.1) is 4.92 Å². The third kappa shape index (κ3) is 5.50. The summed E-state index contributed by atoms with van der Waals surface area (Å²) in [5.74, 6) is -0.217. The van der Waals surface area contributed by atoms with Gasteiger partial charge in [0.25, 0.3) is 11.6 Å². The number of benzene rings is 3. The molecule has 0 saturated heterocycles. The summed E-state index contributed by atoms with van der Waals surface area (Å²) in [5.41, 5.74) is 0.799. The van der Waals surface area contributed by atoms with Crippen LogP contribution in [-0.2, 0) is 10.1 Å². The number of nitro groups is 1.